The number of esters is 3. The molecule has 2 rings (SSSR count). The molecule has 3 N–H and O–H groups in total. The molecule has 0 spiro atoms. The van der Waals surface area contributed by atoms with E-state index in [1.54, 1.807) is 0 Å². The van der Waals surface area contributed by atoms with Crippen LogP contribution in [0.1, 0.15) is 70.7 Å². The van der Waals surface area contributed by atoms with E-state index in [0.29, 0.717) is 19.3 Å². The minimum atomic E-state index is -1.42. The van der Waals surface area contributed by atoms with Gasteiger partial charge >= 0.3 is 17.9 Å². The molecule has 2 amide bonds. The maximum Gasteiger partial charge on any atom is 0.332 e. The van der Waals surface area contributed by atoms with Crippen LogP contribution in [0, 0.1) is 11.8 Å². The molecule has 0 unspecified atom stereocenters. The zero-order valence-corrected chi connectivity index (χ0v) is 21.8. The molecule has 0 aliphatic carbocycles. The van der Waals surface area contributed by atoms with Gasteiger partial charge in [0.2, 0.25) is 6.41 Å². The number of phenols is 1. The van der Waals surface area contributed by atoms with Crippen molar-refractivity contribution < 1.29 is 43.3 Å². The predicted octanol–water partition coefficient (Wildman–Crippen LogP) is 2.70. The number of nitrogens with one attached hydrogen (secondary N) is 2. The minimum absolute atomic E-state index is 0.00221. The van der Waals surface area contributed by atoms with Gasteiger partial charge in [-0.3, -0.25) is 19.2 Å². The van der Waals surface area contributed by atoms with Crippen molar-refractivity contribution in [2.75, 3.05) is 5.32 Å². The van der Waals surface area contributed by atoms with E-state index in [1.165, 1.54) is 32.0 Å². The van der Waals surface area contributed by atoms with Crippen LogP contribution in [0.3, 0.4) is 0 Å². The molecular formula is C26H36N2O9. The van der Waals surface area contributed by atoms with Crippen LogP contribution in [0.25, 0.3) is 0 Å². The van der Waals surface area contributed by atoms with Crippen molar-refractivity contribution >= 4 is 35.9 Å². The summed E-state index contributed by atoms with van der Waals surface area (Å²) in [5, 5.41) is 15.1. The summed E-state index contributed by atoms with van der Waals surface area (Å²) in [4.78, 5) is 62.5. The summed E-state index contributed by atoms with van der Waals surface area (Å²) in [7, 11) is 0. The number of unbranched alkanes of at least 4 members (excludes halogenated alkanes) is 1. The van der Waals surface area contributed by atoms with Crippen LogP contribution in [0.15, 0.2) is 18.2 Å². The van der Waals surface area contributed by atoms with Crippen LogP contribution in [-0.4, -0.2) is 59.7 Å². The Bertz CT molecular complexity index is 994. The summed E-state index contributed by atoms with van der Waals surface area (Å²) >= 11 is 0. The summed E-state index contributed by atoms with van der Waals surface area (Å²) in [6.45, 7) is 8.61. The molecule has 1 aliphatic heterocycles. The average Bonchev–Trinajstić information content (AvgIpc) is 2.84. The number of benzene rings is 1. The molecule has 1 aromatic carbocycles. The van der Waals surface area contributed by atoms with Gasteiger partial charge in [0.05, 0.1) is 17.2 Å². The van der Waals surface area contributed by atoms with Gasteiger partial charge < -0.3 is 30.0 Å². The molecule has 5 atom stereocenters. The fraction of sp³-hybridized carbons (Fsp3) is 0.577. The fourth-order valence-electron chi connectivity index (χ4n) is 4.03. The second kappa shape index (κ2) is 13.6. The Kier molecular flexibility index (Phi) is 10.9. The van der Waals surface area contributed by atoms with E-state index in [9.17, 15) is 29.1 Å². The second-order valence-corrected chi connectivity index (χ2v) is 9.50. The zero-order valence-electron chi connectivity index (χ0n) is 21.8. The first-order valence-corrected chi connectivity index (χ1v) is 12.4. The number of ether oxygens (including phenoxy) is 3. The Balaban J connectivity index is 2.34. The third-order valence-electron chi connectivity index (χ3n) is 5.98. The van der Waals surface area contributed by atoms with Gasteiger partial charge in [-0.1, -0.05) is 39.7 Å². The summed E-state index contributed by atoms with van der Waals surface area (Å²) in [5.74, 6) is -4.29. The predicted molar refractivity (Wildman–Crippen MR) is 133 cm³/mol. The van der Waals surface area contributed by atoms with E-state index in [2.05, 4.69) is 10.6 Å². The van der Waals surface area contributed by atoms with Crippen LogP contribution in [-0.2, 0) is 33.4 Å². The minimum Gasteiger partial charge on any atom is -0.505 e. The van der Waals surface area contributed by atoms with E-state index in [1.807, 2.05) is 20.8 Å². The molecule has 0 saturated carbocycles. The van der Waals surface area contributed by atoms with Crippen molar-refractivity contribution in [3.05, 3.63) is 23.8 Å². The number of hydrogen-bond acceptors (Lipinski definition) is 9. The number of cyclic esters (lactones) is 2. The van der Waals surface area contributed by atoms with Crippen molar-refractivity contribution in [1.82, 2.24) is 5.32 Å². The largest absolute Gasteiger partial charge is 0.505 e. The molecule has 0 radical (unpaired) electrons. The van der Waals surface area contributed by atoms with Crippen molar-refractivity contribution in [2.45, 2.75) is 84.7 Å². The third-order valence-corrected chi connectivity index (χ3v) is 5.98. The maximum atomic E-state index is 13.2. The van der Waals surface area contributed by atoms with E-state index in [4.69, 9.17) is 14.2 Å². The number of aromatic hydroxyl groups is 1. The zero-order chi connectivity index (χ0) is 27.7. The molecular weight excluding hydrogens is 484 g/mol. The number of amides is 2. The molecule has 204 valence electrons. The van der Waals surface area contributed by atoms with Gasteiger partial charge in [-0.05, 0) is 38.3 Å². The van der Waals surface area contributed by atoms with Crippen LogP contribution in [0.4, 0.5) is 5.69 Å². The second-order valence-electron chi connectivity index (χ2n) is 9.50. The van der Waals surface area contributed by atoms with E-state index in [-0.39, 0.29) is 23.6 Å². The lowest BCUT2D eigenvalue weighted by molar-refractivity contribution is -0.175. The lowest BCUT2D eigenvalue weighted by atomic mass is 9.92. The van der Waals surface area contributed by atoms with Gasteiger partial charge in [-0.15, -0.1) is 0 Å². The van der Waals surface area contributed by atoms with Gasteiger partial charge in [0.1, 0.15) is 12.2 Å². The average molecular weight is 521 g/mol. The lowest BCUT2D eigenvalue weighted by Crippen LogP contribution is -2.50. The number of rotatable bonds is 10. The van der Waals surface area contributed by atoms with Gasteiger partial charge in [0, 0.05) is 6.42 Å². The third kappa shape index (κ3) is 7.93. The first-order chi connectivity index (χ1) is 17.5. The Morgan fingerprint density at radius 1 is 1.14 bits per heavy atom. The Hall–Kier alpha value is -3.63. The molecule has 1 aliphatic rings. The maximum absolute atomic E-state index is 13.2. The normalized spacial score (nSPS) is 24.1. The van der Waals surface area contributed by atoms with Crippen molar-refractivity contribution in [1.29, 1.82) is 0 Å². The molecule has 0 aromatic heterocycles. The van der Waals surface area contributed by atoms with E-state index >= 15 is 0 Å². The van der Waals surface area contributed by atoms with Crippen LogP contribution in [0.2, 0.25) is 0 Å². The summed E-state index contributed by atoms with van der Waals surface area (Å²) in [5.41, 5.74) is -0.218. The standard InChI is InChI=1S/C26H36N2O9/c1-6-7-9-18-23(37-20(30)12-14(2)3)16(5)36-26(34)21(15(4)35-25(18)33)28-24(32)17-10-8-11-19(22(17)31)27-13-29/h8,10-11,13-16,18,21,23,31H,6-7,9,12H2,1-5H3,(H,27,29)(H,28,32)/t15-,16-,18-,21+,23-/m0/s1. The summed E-state index contributed by atoms with van der Waals surface area (Å²) < 4.78 is 16.8. The highest BCUT2D eigenvalue weighted by atomic mass is 16.6. The molecule has 1 heterocycles. The molecule has 1 saturated heterocycles. The highest BCUT2D eigenvalue weighted by Crippen LogP contribution is 2.29. The molecule has 1 fully saturated rings. The van der Waals surface area contributed by atoms with Gasteiger partial charge in [0.15, 0.2) is 17.9 Å². The van der Waals surface area contributed by atoms with Crippen molar-refractivity contribution in [2.24, 2.45) is 11.8 Å². The van der Waals surface area contributed by atoms with Crippen LogP contribution < -0.4 is 10.6 Å². The lowest BCUT2D eigenvalue weighted by Gasteiger charge is -2.29. The number of anilines is 1. The molecule has 1 aromatic rings. The first-order valence-electron chi connectivity index (χ1n) is 12.4. The van der Waals surface area contributed by atoms with Crippen molar-refractivity contribution in [3.63, 3.8) is 0 Å². The quantitative estimate of drug-likeness (QED) is 0.183. The summed E-state index contributed by atoms with van der Waals surface area (Å²) in [6.07, 6.45) is -0.952. The van der Waals surface area contributed by atoms with Crippen LogP contribution in [0.5, 0.6) is 5.75 Å². The Labute approximate surface area is 216 Å². The number of carbonyl (C=O) groups is 5. The Morgan fingerprint density at radius 2 is 1.81 bits per heavy atom. The molecule has 11 nitrogen and oxygen atoms in total. The van der Waals surface area contributed by atoms with Crippen molar-refractivity contribution in [3.8, 4) is 5.75 Å². The topological polar surface area (TPSA) is 157 Å². The molecule has 37 heavy (non-hydrogen) atoms. The van der Waals surface area contributed by atoms with E-state index in [0.717, 1.165) is 6.42 Å². The Morgan fingerprint density at radius 3 is 2.43 bits per heavy atom. The van der Waals surface area contributed by atoms with Gasteiger partial charge in [-0.2, -0.15) is 0 Å². The fourth-order valence-corrected chi connectivity index (χ4v) is 4.03. The molecule has 0 bridgehead atoms. The van der Waals surface area contributed by atoms with Gasteiger partial charge in [0.25, 0.3) is 5.91 Å². The highest BCUT2D eigenvalue weighted by molar-refractivity contribution is 6.01. The first kappa shape index (κ1) is 29.6. The number of hydrogen-bond donors (Lipinski definition) is 3. The van der Waals surface area contributed by atoms with Crippen LogP contribution >= 0.6 is 0 Å². The summed E-state index contributed by atoms with van der Waals surface area (Å²) in [6, 6.07) is 2.70. The monoisotopic (exact) mass is 520 g/mol. The van der Waals surface area contributed by atoms with Gasteiger partial charge in [-0.25, -0.2) is 4.79 Å². The number of para-hydroxylation sites is 1. The number of carbonyl (C=O) groups excluding carboxylic acids is 5. The van der Waals surface area contributed by atoms with E-state index < -0.39 is 59.8 Å². The SMILES string of the molecule is CCCC[C@@H]1C(=O)O[C@@H](C)[C@@H](NC(=O)c2cccc(NC=O)c2O)C(=O)O[C@@H](C)[C@@H]1OC(=O)CC(C)C. The molecule has 11 heteroatoms. The highest BCUT2D eigenvalue weighted by Gasteiger charge is 2.43. The smallest absolute Gasteiger partial charge is 0.332 e. The number of phenolic OH excluding ortho intramolecular Hbond substituents is 1.